The molecule has 2 fully saturated rings. The molecule has 1 aromatic carbocycles. The van der Waals surface area contributed by atoms with Gasteiger partial charge in [-0.2, -0.15) is 10.2 Å². The molecule has 11 nitrogen and oxygen atoms in total. The Balaban J connectivity index is 1.29. The fourth-order valence-corrected chi connectivity index (χ4v) is 8.92. The minimum atomic E-state index is -1.34. The van der Waals surface area contributed by atoms with Crippen LogP contribution in [-0.4, -0.2) is 69.6 Å². The molecule has 0 radical (unpaired) electrons. The molecule has 54 heavy (non-hydrogen) atoms. The van der Waals surface area contributed by atoms with Gasteiger partial charge in [0.2, 0.25) is 5.91 Å². The van der Waals surface area contributed by atoms with Crippen molar-refractivity contribution in [1.29, 1.82) is 0 Å². The lowest BCUT2D eigenvalue weighted by molar-refractivity contribution is -0.119. The lowest BCUT2D eigenvalue weighted by atomic mass is 9.82. The number of nitrogens with one attached hydrogen (secondary N) is 1. The smallest absolute Gasteiger partial charge is 0.235 e. The van der Waals surface area contributed by atoms with Crippen molar-refractivity contribution in [1.82, 2.24) is 34.3 Å². The van der Waals surface area contributed by atoms with E-state index >= 15 is 4.39 Å². The zero-order chi connectivity index (χ0) is 38.9. The first-order valence-electron chi connectivity index (χ1n) is 19.8. The molecule has 0 spiro atoms. The van der Waals surface area contributed by atoms with E-state index in [1.807, 2.05) is 39.9 Å². The van der Waals surface area contributed by atoms with Crippen LogP contribution in [0.4, 0.5) is 10.1 Å². The molecular weight excluding hydrogens is 716 g/mol. The van der Waals surface area contributed by atoms with Gasteiger partial charge in [-0.15, -0.1) is 10.2 Å². The van der Waals surface area contributed by atoms with Crippen molar-refractivity contribution < 1.29 is 18.7 Å². The maximum absolute atomic E-state index is 16.1. The first-order chi connectivity index (χ1) is 25.5. The summed E-state index contributed by atoms with van der Waals surface area (Å²) in [5.41, 5.74) is 4.26. The first kappa shape index (κ1) is 40.2. The van der Waals surface area contributed by atoms with Gasteiger partial charge in [-0.25, -0.2) is 9.07 Å². The summed E-state index contributed by atoms with van der Waals surface area (Å²) in [6.07, 6.45) is 6.09. The highest BCUT2D eigenvalue weighted by Gasteiger charge is 2.50. The second-order valence-electron chi connectivity index (χ2n) is 18.2. The average molecular weight is 777 g/mol. The van der Waals surface area contributed by atoms with Crippen LogP contribution < -0.4 is 5.32 Å². The molecule has 6 rings (SSSR count). The van der Waals surface area contributed by atoms with Gasteiger partial charge in [0.25, 0.3) is 0 Å². The second kappa shape index (κ2) is 16.3. The van der Waals surface area contributed by atoms with Gasteiger partial charge in [0.1, 0.15) is 36.7 Å². The third-order valence-electron chi connectivity index (χ3n) is 10.8. The third-order valence-corrected chi connectivity index (χ3v) is 14.2. The molecule has 3 aromatic heterocycles. The Hall–Kier alpha value is -3.47. The van der Waals surface area contributed by atoms with Gasteiger partial charge in [0.15, 0.2) is 5.82 Å². The van der Waals surface area contributed by atoms with Gasteiger partial charge >= 0.3 is 0 Å². The van der Waals surface area contributed by atoms with E-state index in [1.54, 1.807) is 12.3 Å². The number of nitrogens with zero attached hydrogens (tertiary/aromatic N) is 7. The number of anilines is 1. The number of carbonyl (C=O) groups excluding carboxylic acids is 1. The van der Waals surface area contributed by atoms with Gasteiger partial charge in [-0.1, -0.05) is 45.3 Å². The number of benzene rings is 1. The topological polar surface area (TPSA) is 114 Å². The molecule has 0 aliphatic heterocycles. The number of aromatic nitrogens is 7. The maximum Gasteiger partial charge on any atom is 0.235 e. The molecule has 1 N–H and O–H groups in total. The van der Waals surface area contributed by atoms with Crippen molar-refractivity contribution in [3.05, 3.63) is 53.5 Å². The van der Waals surface area contributed by atoms with Gasteiger partial charge in [-0.05, 0) is 107 Å². The fourth-order valence-electron chi connectivity index (χ4n) is 7.41. The molecular formula is C40H61FN8O3Si2. The number of halogens is 1. The SMILES string of the molecule is Cc1nn(COCC[Si](C)(C)C)c(C)c1-c1ccc(NC(=O)C(c2nnc(-c3ccnn3C(C)C)n2COCC[Si](C)(C)C)C(C2CC2)C2CC2)c(F)c1. The van der Waals surface area contributed by atoms with E-state index in [4.69, 9.17) is 24.8 Å². The number of aryl methyl sites for hydroxylation is 1. The van der Waals surface area contributed by atoms with E-state index < -0.39 is 27.9 Å². The zero-order valence-electron chi connectivity index (χ0n) is 34.1. The van der Waals surface area contributed by atoms with E-state index in [0.29, 0.717) is 49.0 Å². The largest absolute Gasteiger partial charge is 0.361 e. The molecule has 3 heterocycles. The van der Waals surface area contributed by atoms with Crippen molar-refractivity contribution >= 4 is 27.7 Å². The summed E-state index contributed by atoms with van der Waals surface area (Å²) in [6.45, 7) is 23.9. The van der Waals surface area contributed by atoms with Gasteiger partial charge < -0.3 is 14.8 Å². The monoisotopic (exact) mass is 776 g/mol. The van der Waals surface area contributed by atoms with Crippen LogP contribution in [0.5, 0.6) is 0 Å². The predicted molar refractivity (Wildman–Crippen MR) is 217 cm³/mol. The Morgan fingerprint density at radius 1 is 0.926 bits per heavy atom. The number of ether oxygens (including phenoxy) is 2. The first-order valence-corrected chi connectivity index (χ1v) is 27.2. The average Bonchev–Trinajstić information content (AvgIpc) is 3.99. The lowest BCUT2D eigenvalue weighted by Crippen LogP contribution is -2.33. The maximum atomic E-state index is 16.1. The standard InChI is InChI=1S/C40H61FN8O3Si2/c1-26(2)49-34(17-18-42-49)38-44-45-39(47(38)24-51-19-21-53(5,6)7)37(36(29-11-12-29)30-13-14-30)40(50)43-33-16-15-31(23-32(33)41)35-27(3)46-48(28(35)4)25-52-20-22-54(8,9)10/h15-18,23,26,29-30,36-37H,11-14,19-22,24-25H2,1-10H3,(H,43,50). The Morgan fingerprint density at radius 3 is 2.13 bits per heavy atom. The Morgan fingerprint density at radius 2 is 1.56 bits per heavy atom. The Bertz CT molecular complexity index is 1900. The molecule has 294 valence electrons. The van der Waals surface area contributed by atoms with E-state index in [2.05, 4.69) is 63.5 Å². The number of amides is 1. The molecule has 2 aliphatic rings. The molecule has 0 bridgehead atoms. The minimum Gasteiger partial charge on any atom is -0.361 e. The van der Waals surface area contributed by atoms with Gasteiger partial charge in [0, 0.05) is 52.9 Å². The van der Waals surface area contributed by atoms with E-state index in [9.17, 15) is 4.79 Å². The van der Waals surface area contributed by atoms with Crippen LogP contribution in [0.1, 0.15) is 68.7 Å². The number of carbonyl (C=O) groups is 1. The van der Waals surface area contributed by atoms with Crippen molar-refractivity contribution in [2.75, 3.05) is 18.5 Å². The van der Waals surface area contributed by atoms with E-state index in [0.717, 1.165) is 60.4 Å². The molecule has 4 aromatic rings. The minimum absolute atomic E-state index is 0.0872. The van der Waals surface area contributed by atoms with Gasteiger partial charge in [0.05, 0.1) is 11.4 Å². The summed E-state index contributed by atoms with van der Waals surface area (Å²) >= 11 is 0. The molecule has 1 amide bonds. The quantitative estimate of drug-likeness (QED) is 0.0747. The van der Waals surface area contributed by atoms with Crippen molar-refractivity contribution in [3.8, 4) is 22.6 Å². The predicted octanol–water partition coefficient (Wildman–Crippen LogP) is 9.13. The van der Waals surface area contributed by atoms with Crippen molar-refractivity contribution in [2.24, 2.45) is 17.8 Å². The van der Waals surface area contributed by atoms with Crippen LogP contribution in [0.25, 0.3) is 22.6 Å². The van der Waals surface area contributed by atoms with E-state index in [1.165, 1.54) is 6.07 Å². The summed E-state index contributed by atoms with van der Waals surface area (Å²) in [6, 6.07) is 9.16. The molecule has 1 atom stereocenters. The lowest BCUT2D eigenvalue weighted by Gasteiger charge is -2.27. The summed E-state index contributed by atoms with van der Waals surface area (Å²) in [5.74, 6) is 0.740. The highest BCUT2D eigenvalue weighted by molar-refractivity contribution is 6.76. The number of hydrogen-bond acceptors (Lipinski definition) is 7. The fraction of sp³-hybridized carbons (Fsp3) is 0.625. The molecule has 0 saturated heterocycles. The van der Waals surface area contributed by atoms with Crippen molar-refractivity contribution in [3.63, 3.8) is 0 Å². The molecule has 1 unspecified atom stereocenters. The van der Waals surface area contributed by atoms with Crippen molar-refractivity contribution in [2.45, 2.75) is 130 Å². The summed E-state index contributed by atoms with van der Waals surface area (Å²) in [4.78, 5) is 14.7. The molecule has 2 aliphatic carbocycles. The van der Waals surface area contributed by atoms with Crippen LogP contribution in [0, 0.1) is 37.4 Å². The third kappa shape index (κ3) is 9.66. The Kier molecular flexibility index (Phi) is 12.2. The van der Waals surface area contributed by atoms with Gasteiger partial charge in [-0.3, -0.25) is 14.0 Å². The summed E-state index contributed by atoms with van der Waals surface area (Å²) in [5, 5.41) is 21.8. The van der Waals surface area contributed by atoms with Crippen LogP contribution in [0.3, 0.4) is 0 Å². The number of rotatable bonds is 19. The van der Waals surface area contributed by atoms with Crippen LogP contribution >= 0.6 is 0 Å². The normalized spacial score (nSPS) is 15.8. The highest BCUT2D eigenvalue weighted by atomic mass is 28.3. The second-order valence-corrected chi connectivity index (χ2v) is 29.5. The number of hydrogen-bond donors (Lipinski definition) is 1. The molecule has 14 heteroatoms. The van der Waals surface area contributed by atoms with Crippen LogP contribution in [-0.2, 0) is 27.7 Å². The highest BCUT2D eigenvalue weighted by Crippen LogP contribution is 2.55. The molecule has 2 saturated carbocycles. The Labute approximate surface area is 322 Å². The summed E-state index contributed by atoms with van der Waals surface area (Å²) in [7, 11) is -2.54. The van der Waals surface area contributed by atoms with E-state index in [-0.39, 0.29) is 30.3 Å². The summed E-state index contributed by atoms with van der Waals surface area (Å²) < 4.78 is 34.1. The van der Waals surface area contributed by atoms with Crippen LogP contribution in [0.2, 0.25) is 51.4 Å². The van der Waals surface area contributed by atoms with Crippen LogP contribution in [0.15, 0.2) is 30.5 Å². The zero-order valence-corrected chi connectivity index (χ0v) is 36.1.